The number of hydrogen-bond acceptors (Lipinski definition) is 4. The topological polar surface area (TPSA) is 47.9 Å². The summed E-state index contributed by atoms with van der Waals surface area (Å²) in [6.07, 6.45) is 2.72. The average molecular weight is 307 g/mol. The number of aryl methyl sites for hydroxylation is 1. The molecule has 0 N–H and O–H groups in total. The number of hydrogen-bond donors (Lipinski definition) is 0. The molecule has 0 aromatic heterocycles. The van der Waals surface area contributed by atoms with Gasteiger partial charge < -0.3 is 9.47 Å². The standard InChI is InChI=1S/C19H17NO3/c1-3-13-4-6-14(7-5-13)12-17-19(21)23-18(20-17)15-8-10-16(22-2)11-9-15/h4-12H,3H2,1-2H3/b17-12+. The molecule has 0 saturated carbocycles. The molecule has 4 nitrogen and oxygen atoms in total. The molecule has 4 heteroatoms. The number of nitrogens with zero attached hydrogens (tertiary/aromatic N) is 1. The molecule has 0 aliphatic carbocycles. The summed E-state index contributed by atoms with van der Waals surface area (Å²) in [5.74, 6) is 0.620. The Morgan fingerprint density at radius 2 is 1.78 bits per heavy atom. The van der Waals surface area contributed by atoms with Gasteiger partial charge in [-0.1, -0.05) is 31.2 Å². The Morgan fingerprint density at radius 1 is 1.09 bits per heavy atom. The number of ether oxygens (including phenoxy) is 2. The summed E-state index contributed by atoms with van der Waals surface area (Å²) in [6.45, 7) is 2.10. The summed E-state index contributed by atoms with van der Waals surface area (Å²) in [5.41, 5.74) is 3.22. The minimum absolute atomic E-state index is 0.306. The van der Waals surface area contributed by atoms with Gasteiger partial charge in [-0.25, -0.2) is 9.79 Å². The van der Waals surface area contributed by atoms with Crippen molar-refractivity contribution in [3.63, 3.8) is 0 Å². The lowest BCUT2D eigenvalue weighted by molar-refractivity contribution is -0.129. The van der Waals surface area contributed by atoms with Gasteiger partial charge in [-0.2, -0.15) is 0 Å². The summed E-state index contributed by atoms with van der Waals surface area (Å²) >= 11 is 0. The third kappa shape index (κ3) is 3.31. The van der Waals surface area contributed by atoms with Gasteiger partial charge >= 0.3 is 5.97 Å². The third-order valence-electron chi connectivity index (χ3n) is 3.65. The van der Waals surface area contributed by atoms with Crippen LogP contribution in [0.2, 0.25) is 0 Å². The molecule has 0 atom stereocenters. The molecule has 1 aliphatic rings. The second-order valence-electron chi connectivity index (χ2n) is 5.16. The number of methoxy groups -OCH3 is 1. The molecule has 0 amide bonds. The Bertz CT molecular complexity index is 771. The van der Waals surface area contributed by atoms with E-state index in [0.29, 0.717) is 11.6 Å². The quantitative estimate of drug-likeness (QED) is 0.640. The second-order valence-corrected chi connectivity index (χ2v) is 5.16. The van der Waals surface area contributed by atoms with Gasteiger partial charge in [0, 0.05) is 5.56 Å². The monoisotopic (exact) mass is 307 g/mol. The lowest BCUT2D eigenvalue weighted by Crippen LogP contribution is -2.05. The maximum absolute atomic E-state index is 12.0. The highest BCUT2D eigenvalue weighted by molar-refractivity contribution is 6.12. The Morgan fingerprint density at radius 3 is 2.39 bits per heavy atom. The van der Waals surface area contributed by atoms with Crippen molar-refractivity contribution in [3.8, 4) is 5.75 Å². The molecular formula is C19H17NO3. The van der Waals surface area contributed by atoms with Crippen LogP contribution in [-0.2, 0) is 16.0 Å². The van der Waals surface area contributed by atoms with Crippen molar-refractivity contribution in [1.29, 1.82) is 0 Å². The van der Waals surface area contributed by atoms with Crippen LogP contribution in [0.1, 0.15) is 23.6 Å². The molecule has 0 unspecified atom stereocenters. The number of benzene rings is 2. The molecule has 1 heterocycles. The van der Waals surface area contributed by atoms with Crippen LogP contribution in [0.4, 0.5) is 0 Å². The summed E-state index contributed by atoms with van der Waals surface area (Å²) in [6, 6.07) is 15.3. The Hall–Kier alpha value is -2.88. The fourth-order valence-electron chi connectivity index (χ4n) is 2.27. The Labute approximate surface area is 135 Å². The molecule has 116 valence electrons. The zero-order chi connectivity index (χ0) is 16.2. The normalized spacial score (nSPS) is 15.5. The Kier molecular flexibility index (Phi) is 4.24. The van der Waals surface area contributed by atoms with Crippen LogP contribution in [0.15, 0.2) is 59.2 Å². The van der Waals surface area contributed by atoms with Gasteiger partial charge in [0.25, 0.3) is 0 Å². The van der Waals surface area contributed by atoms with E-state index in [1.54, 1.807) is 25.3 Å². The predicted octanol–water partition coefficient (Wildman–Crippen LogP) is 3.60. The first-order chi connectivity index (χ1) is 11.2. The number of cyclic esters (lactones) is 1. The highest BCUT2D eigenvalue weighted by atomic mass is 16.6. The van der Waals surface area contributed by atoms with Crippen molar-refractivity contribution in [2.24, 2.45) is 4.99 Å². The van der Waals surface area contributed by atoms with E-state index in [9.17, 15) is 4.79 Å². The van der Waals surface area contributed by atoms with E-state index in [-0.39, 0.29) is 0 Å². The maximum Gasteiger partial charge on any atom is 0.363 e. The van der Waals surface area contributed by atoms with Crippen molar-refractivity contribution in [2.45, 2.75) is 13.3 Å². The van der Waals surface area contributed by atoms with E-state index in [0.717, 1.165) is 23.3 Å². The van der Waals surface area contributed by atoms with E-state index in [1.165, 1.54) is 5.56 Å². The van der Waals surface area contributed by atoms with Crippen molar-refractivity contribution in [1.82, 2.24) is 0 Å². The van der Waals surface area contributed by atoms with Crippen molar-refractivity contribution in [3.05, 3.63) is 70.9 Å². The van der Waals surface area contributed by atoms with E-state index in [2.05, 4.69) is 11.9 Å². The fourth-order valence-corrected chi connectivity index (χ4v) is 2.27. The van der Waals surface area contributed by atoms with Crippen LogP contribution in [0.5, 0.6) is 5.75 Å². The molecule has 3 rings (SSSR count). The highest BCUT2D eigenvalue weighted by Gasteiger charge is 2.24. The molecule has 0 radical (unpaired) electrons. The van der Waals surface area contributed by atoms with Crippen LogP contribution in [0.25, 0.3) is 6.08 Å². The van der Waals surface area contributed by atoms with E-state index < -0.39 is 5.97 Å². The molecule has 0 spiro atoms. The first-order valence-electron chi connectivity index (χ1n) is 7.45. The van der Waals surface area contributed by atoms with Gasteiger partial charge in [-0.15, -0.1) is 0 Å². The van der Waals surface area contributed by atoms with Gasteiger partial charge in [0.2, 0.25) is 5.90 Å². The largest absolute Gasteiger partial charge is 0.497 e. The number of aliphatic imine (C=N–C) groups is 1. The molecule has 0 fully saturated rings. The molecule has 2 aromatic carbocycles. The van der Waals surface area contributed by atoms with Crippen LogP contribution in [0, 0.1) is 0 Å². The SMILES string of the molecule is CCc1ccc(/C=C2/N=C(c3ccc(OC)cc3)OC2=O)cc1. The van der Waals surface area contributed by atoms with Crippen LogP contribution in [0.3, 0.4) is 0 Å². The van der Waals surface area contributed by atoms with Gasteiger partial charge in [-0.3, -0.25) is 0 Å². The summed E-state index contributed by atoms with van der Waals surface area (Å²) in [4.78, 5) is 16.3. The lowest BCUT2D eigenvalue weighted by Gasteiger charge is -2.01. The van der Waals surface area contributed by atoms with Crippen molar-refractivity contribution in [2.75, 3.05) is 7.11 Å². The van der Waals surface area contributed by atoms with Gasteiger partial charge in [0.05, 0.1) is 7.11 Å². The predicted molar refractivity (Wildman–Crippen MR) is 89.4 cm³/mol. The van der Waals surface area contributed by atoms with Gasteiger partial charge in [-0.05, 0) is 47.9 Å². The van der Waals surface area contributed by atoms with Crippen LogP contribution in [-0.4, -0.2) is 19.0 Å². The lowest BCUT2D eigenvalue weighted by atomic mass is 10.1. The molecule has 2 aromatic rings. The maximum atomic E-state index is 12.0. The number of rotatable bonds is 4. The first-order valence-corrected chi connectivity index (χ1v) is 7.45. The highest BCUT2D eigenvalue weighted by Crippen LogP contribution is 2.21. The van der Waals surface area contributed by atoms with Crippen molar-refractivity contribution < 1.29 is 14.3 Å². The number of esters is 1. The smallest absolute Gasteiger partial charge is 0.363 e. The van der Waals surface area contributed by atoms with Gasteiger partial charge in [0.15, 0.2) is 5.70 Å². The molecule has 1 aliphatic heterocycles. The van der Waals surface area contributed by atoms with E-state index in [4.69, 9.17) is 9.47 Å². The zero-order valence-electron chi connectivity index (χ0n) is 13.1. The molecule has 23 heavy (non-hydrogen) atoms. The third-order valence-corrected chi connectivity index (χ3v) is 3.65. The fraction of sp³-hybridized carbons (Fsp3) is 0.158. The summed E-state index contributed by atoms with van der Waals surface area (Å²) in [7, 11) is 1.60. The first kappa shape index (κ1) is 15.0. The van der Waals surface area contributed by atoms with Crippen molar-refractivity contribution >= 4 is 17.9 Å². The second kappa shape index (κ2) is 6.48. The summed E-state index contributed by atoms with van der Waals surface area (Å²) in [5, 5.41) is 0. The minimum atomic E-state index is -0.435. The van der Waals surface area contributed by atoms with Crippen LogP contribution >= 0.6 is 0 Å². The molecule has 0 saturated heterocycles. The number of carbonyl (C=O) groups is 1. The Balaban J connectivity index is 1.86. The van der Waals surface area contributed by atoms with Gasteiger partial charge in [0.1, 0.15) is 5.75 Å². The van der Waals surface area contributed by atoms with E-state index >= 15 is 0 Å². The van der Waals surface area contributed by atoms with E-state index in [1.807, 2.05) is 36.4 Å². The van der Waals surface area contributed by atoms with Crippen LogP contribution < -0.4 is 4.74 Å². The minimum Gasteiger partial charge on any atom is -0.497 e. The molecule has 0 bridgehead atoms. The zero-order valence-corrected chi connectivity index (χ0v) is 13.1. The number of carbonyl (C=O) groups excluding carboxylic acids is 1. The average Bonchev–Trinajstić information content (AvgIpc) is 2.96. The summed E-state index contributed by atoms with van der Waals surface area (Å²) < 4.78 is 10.4. The molecular weight excluding hydrogens is 290 g/mol.